The summed E-state index contributed by atoms with van der Waals surface area (Å²) in [6.45, 7) is 6.92. The topological polar surface area (TPSA) is 46.2 Å². The van der Waals surface area contributed by atoms with E-state index < -0.39 is 20.9 Å². The average Bonchev–Trinajstić information content (AvgIpc) is 2.40. The summed E-state index contributed by atoms with van der Waals surface area (Å²) in [6.07, 6.45) is 2.43. The van der Waals surface area contributed by atoms with E-state index in [-0.39, 0.29) is 16.4 Å². The predicted octanol–water partition coefficient (Wildman–Crippen LogP) is 3.16. The van der Waals surface area contributed by atoms with E-state index in [1.807, 2.05) is 6.92 Å². The molecule has 118 valence electrons. The van der Waals surface area contributed by atoms with Gasteiger partial charge in [-0.3, -0.25) is 0 Å². The molecule has 2 atom stereocenters. The van der Waals surface area contributed by atoms with Crippen LogP contribution in [0.3, 0.4) is 0 Å². The van der Waals surface area contributed by atoms with Crippen LogP contribution < -0.4 is 5.32 Å². The van der Waals surface area contributed by atoms with Crippen molar-refractivity contribution in [3.63, 3.8) is 0 Å². The maximum Gasteiger partial charge on any atom is 0.182 e. The van der Waals surface area contributed by atoms with Gasteiger partial charge in [-0.25, -0.2) is 12.8 Å². The fraction of sp³-hybridized carbons (Fsp3) is 0.625. The number of benzene rings is 1. The third-order valence-corrected chi connectivity index (χ3v) is 6.53. The van der Waals surface area contributed by atoms with Crippen molar-refractivity contribution < 1.29 is 12.8 Å². The molecule has 1 saturated carbocycles. The first-order valence-electron chi connectivity index (χ1n) is 7.49. The predicted molar refractivity (Wildman–Crippen MR) is 82.5 cm³/mol. The standard InChI is InChI=1S/C16H24FNO2S/c1-4-18-14-8-9-16(2,3)11-15(14)21(19,20)13-7-5-6-12(17)10-13/h5-7,10,14-15,18H,4,8-9,11H2,1-3H3. The van der Waals surface area contributed by atoms with Crippen LogP contribution in [0, 0.1) is 11.2 Å². The number of nitrogens with one attached hydrogen (secondary N) is 1. The van der Waals surface area contributed by atoms with E-state index in [9.17, 15) is 12.8 Å². The molecule has 1 aliphatic carbocycles. The second-order valence-electron chi connectivity index (χ2n) is 6.61. The van der Waals surface area contributed by atoms with Gasteiger partial charge in [0.2, 0.25) is 0 Å². The Balaban J connectivity index is 2.38. The van der Waals surface area contributed by atoms with Gasteiger partial charge in [0.1, 0.15) is 5.82 Å². The number of sulfone groups is 1. The van der Waals surface area contributed by atoms with Crippen LogP contribution in [0.5, 0.6) is 0 Å². The molecule has 0 aromatic heterocycles. The van der Waals surface area contributed by atoms with Crippen molar-refractivity contribution in [3.8, 4) is 0 Å². The summed E-state index contributed by atoms with van der Waals surface area (Å²) >= 11 is 0. The largest absolute Gasteiger partial charge is 0.313 e. The molecule has 21 heavy (non-hydrogen) atoms. The molecule has 0 aliphatic heterocycles. The van der Waals surface area contributed by atoms with Crippen molar-refractivity contribution in [2.24, 2.45) is 5.41 Å². The fourth-order valence-electron chi connectivity index (χ4n) is 3.16. The van der Waals surface area contributed by atoms with Crippen LogP contribution >= 0.6 is 0 Å². The summed E-state index contributed by atoms with van der Waals surface area (Å²) in [5.74, 6) is -0.508. The van der Waals surface area contributed by atoms with Crippen molar-refractivity contribution in [1.82, 2.24) is 5.32 Å². The van der Waals surface area contributed by atoms with Gasteiger partial charge in [-0.15, -0.1) is 0 Å². The highest BCUT2D eigenvalue weighted by molar-refractivity contribution is 7.92. The number of rotatable bonds is 4. The van der Waals surface area contributed by atoms with Crippen molar-refractivity contribution in [1.29, 1.82) is 0 Å². The smallest absolute Gasteiger partial charge is 0.182 e. The highest BCUT2D eigenvalue weighted by Crippen LogP contribution is 2.40. The van der Waals surface area contributed by atoms with E-state index in [1.165, 1.54) is 18.2 Å². The Hall–Kier alpha value is -0.940. The minimum absolute atomic E-state index is 0.00299. The molecule has 1 N–H and O–H groups in total. The summed E-state index contributed by atoms with van der Waals surface area (Å²) < 4.78 is 39.2. The molecule has 0 heterocycles. The highest BCUT2D eigenvalue weighted by Gasteiger charge is 2.42. The molecule has 0 spiro atoms. The van der Waals surface area contributed by atoms with E-state index >= 15 is 0 Å². The quantitative estimate of drug-likeness (QED) is 0.929. The molecule has 0 amide bonds. The van der Waals surface area contributed by atoms with Crippen LogP contribution in [0.4, 0.5) is 4.39 Å². The van der Waals surface area contributed by atoms with Gasteiger partial charge in [0, 0.05) is 6.04 Å². The highest BCUT2D eigenvalue weighted by atomic mass is 32.2. The zero-order valence-corrected chi connectivity index (χ0v) is 13.7. The summed E-state index contributed by atoms with van der Waals surface area (Å²) in [5.41, 5.74) is -0.00299. The lowest BCUT2D eigenvalue weighted by Crippen LogP contribution is -2.49. The molecule has 0 saturated heterocycles. The molecule has 1 aromatic rings. The third kappa shape index (κ3) is 3.64. The van der Waals surface area contributed by atoms with E-state index in [0.717, 1.165) is 25.5 Å². The van der Waals surface area contributed by atoms with E-state index in [2.05, 4.69) is 19.2 Å². The van der Waals surface area contributed by atoms with Gasteiger partial charge >= 0.3 is 0 Å². The normalized spacial score (nSPS) is 25.7. The molecule has 5 heteroatoms. The second kappa shape index (κ2) is 6.05. The molecule has 0 bridgehead atoms. The van der Waals surface area contributed by atoms with Gasteiger partial charge < -0.3 is 5.32 Å². The van der Waals surface area contributed by atoms with Crippen LogP contribution in [0.15, 0.2) is 29.2 Å². The van der Waals surface area contributed by atoms with Crippen molar-refractivity contribution in [2.45, 2.75) is 56.2 Å². The summed E-state index contributed by atoms with van der Waals surface area (Å²) in [5, 5.41) is 2.79. The monoisotopic (exact) mass is 313 g/mol. The Morgan fingerprint density at radius 3 is 2.71 bits per heavy atom. The Morgan fingerprint density at radius 2 is 2.10 bits per heavy atom. The van der Waals surface area contributed by atoms with Gasteiger partial charge in [0.05, 0.1) is 10.1 Å². The first-order valence-corrected chi connectivity index (χ1v) is 9.04. The van der Waals surface area contributed by atoms with E-state index in [1.54, 1.807) is 0 Å². The molecule has 2 unspecified atom stereocenters. The van der Waals surface area contributed by atoms with Gasteiger partial charge in [-0.1, -0.05) is 26.8 Å². The molecular formula is C16H24FNO2S. The van der Waals surface area contributed by atoms with Crippen LogP contribution in [0.2, 0.25) is 0 Å². The van der Waals surface area contributed by atoms with Crippen molar-refractivity contribution in [2.75, 3.05) is 6.54 Å². The van der Waals surface area contributed by atoms with Crippen LogP contribution in [0.25, 0.3) is 0 Å². The maximum atomic E-state index is 13.4. The second-order valence-corrected chi connectivity index (χ2v) is 8.78. The van der Waals surface area contributed by atoms with E-state index in [4.69, 9.17) is 0 Å². The van der Waals surface area contributed by atoms with Crippen molar-refractivity contribution in [3.05, 3.63) is 30.1 Å². The lowest BCUT2D eigenvalue weighted by Gasteiger charge is -2.40. The SMILES string of the molecule is CCNC1CCC(C)(C)CC1S(=O)(=O)c1cccc(F)c1. The van der Waals surface area contributed by atoms with Gasteiger partial charge in [0.15, 0.2) is 9.84 Å². The lowest BCUT2D eigenvalue weighted by molar-refractivity contribution is 0.210. The summed E-state index contributed by atoms with van der Waals surface area (Å²) in [6, 6.07) is 5.28. The van der Waals surface area contributed by atoms with Gasteiger partial charge in [0.25, 0.3) is 0 Å². The molecule has 1 aliphatic rings. The maximum absolute atomic E-state index is 13.4. The summed E-state index contributed by atoms with van der Waals surface area (Å²) in [4.78, 5) is 0.0908. The Morgan fingerprint density at radius 1 is 1.38 bits per heavy atom. The van der Waals surface area contributed by atoms with Crippen LogP contribution in [0.1, 0.15) is 40.0 Å². The minimum Gasteiger partial charge on any atom is -0.313 e. The Labute approximate surface area is 126 Å². The van der Waals surface area contributed by atoms with Crippen LogP contribution in [-0.4, -0.2) is 26.3 Å². The van der Waals surface area contributed by atoms with Crippen molar-refractivity contribution >= 4 is 9.84 Å². The van der Waals surface area contributed by atoms with Crippen LogP contribution in [-0.2, 0) is 9.84 Å². The number of hydrogen-bond donors (Lipinski definition) is 1. The average molecular weight is 313 g/mol. The summed E-state index contributed by atoms with van der Waals surface area (Å²) in [7, 11) is -3.53. The minimum atomic E-state index is -3.53. The lowest BCUT2D eigenvalue weighted by atomic mass is 9.75. The molecular weight excluding hydrogens is 289 g/mol. The molecule has 2 rings (SSSR count). The number of hydrogen-bond acceptors (Lipinski definition) is 3. The number of halogens is 1. The molecule has 1 fully saturated rings. The zero-order valence-electron chi connectivity index (χ0n) is 12.9. The zero-order chi connectivity index (χ0) is 15.7. The van der Waals surface area contributed by atoms with Gasteiger partial charge in [-0.05, 0) is 49.4 Å². The first kappa shape index (κ1) is 16.4. The fourth-order valence-corrected chi connectivity index (χ4v) is 5.39. The molecule has 1 aromatic carbocycles. The Bertz CT molecular complexity index is 598. The third-order valence-electron chi connectivity index (χ3n) is 4.32. The Kier molecular flexibility index (Phi) is 4.73. The van der Waals surface area contributed by atoms with Gasteiger partial charge in [-0.2, -0.15) is 0 Å². The first-order chi connectivity index (χ1) is 9.76. The van der Waals surface area contributed by atoms with E-state index in [0.29, 0.717) is 6.42 Å². The molecule has 0 radical (unpaired) electrons. The molecule has 3 nitrogen and oxygen atoms in total.